The standard InChI is InChI=1S/C18H22O2/c1-5-18(4,14-8-6-10-16(19)12(14)2)15-9-7-11-17(20)13(15)3/h6-11,19-20H,5H2,1-4H3. The van der Waals surface area contributed by atoms with Crippen LogP contribution in [0.5, 0.6) is 11.5 Å². The second kappa shape index (κ2) is 5.20. The van der Waals surface area contributed by atoms with Gasteiger partial charge in [0.2, 0.25) is 0 Å². The van der Waals surface area contributed by atoms with Gasteiger partial charge in [-0.05, 0) is 54.7 Å². The molecule has 0 spiro atoms. The average molecular weight is 270 g/mol. The van der Waals surface area contributed by atoms with Gasteiger partial charge in [-0.2, -0.15) is 0 Å². The second-order valence-electron chi connectivity index (χ2n) is 5.59. The van der Waals surface area contributed by atoms with Crippen LogP contribution in [-0.2, 0) is 5.41 Å². The summed E-state index contributed by atoms with van der Waals surface area (Å²) in [5.74, 6) is 0.639. The van der Waals surface area contributed by atoms with Crippen molar-refractivity contribution in [3.63, 3.8) is 0 Å². The predicted molar refractivity (Wildman–Crippen MR) is 82.4 cm³/mol. The first-order valence-corrected chi connectivity index (χ1v) is 7.00. The van der Waals surface area contributed by atoms with E-state index in [-0.39, 0.29) is 5.41 Å². The van der Waals surface area contributed by atoms with Crippen LogP contribution in [0, 0.1) is 13.8 Å². The van der Waals surface area contributed by atoms with Crippen molar-refractivity contribution in [1.82, 2.24) is 0 Å². The molecule has 0 unspecified atom stereocenters. The number of phenolic OH excluding ortho intramolecular Hbond substituents is 2. The van der Waals surface area contributed by atoms with Gasteiger partial charge in [0, 0.05) is 5.41 Å². The fourth-order valence-corrected chi connectivity index (χ4v) is 2.97. The van der Waals surface area contributed by atoms with E-state index in [0.717, 1.165) is 28.7 Å². The van der Waals surface area contributed by atoms with E-state index >= 15 is 0 Å². The molecule has 0 bridgehead atoms. The van der Waals surface area contributed by atoms with Gasteiger partial charge in [-0.25, -0.2) is 0 Å². The highest BCUT2D eigenvalue weighted by molar-refractivity contribution is 5.52. The first kappa shape index (κ1) is 14.4. The van der Waals surface area contributed by atoms with Crippen molar-refractivity contribution in [2.45, 2.75) is 39.5 Å². The highest BCUT2D eigenvalue weighted by atomic mass is 16.3. The van der Waals surface area contributed by atoms with Gasteiger partial charge in [0.1, 0.15) is 11.5 Å². The van der Waals surface area contributed by atoms with Crippen LogP contribution in [0.3, 0.4) is 0 Å². The van der Waals surface area contributed by atoms with E-state index in [9.17, 15) is 10.2 Å². The monoisotopic (exact) mass is 270 g/mol. The van der Waals surface area contributed by atoms with Crippen LogP contribution in [0.4, 0.5) is 0 Å². The number of aromatic hydroxyl groups is 2. The molecule has 0 heterocycles. The molecule has 0 saturated heterocycles. The van der Waals surface area contributed by atoms with E-state index < -0.39 is 0 Å². The Bertz CT molecular complexity index is 578. The minimum Gasteiger partial charge on any atom is -0.508 e. The summed E-state index contributed by atoms with van der Waals surface area (Å²) in [5.41, 5.74) is 3.78. The van der Waals surface area contributed by atoms with Gasteiger partial charge in [0.25, 0.3) is 0 Å². The largest absolute Gasteiger partial charge is 0.508 e. The lowest BCUT2D eigenvalue weighted by molar-refractivity contribution is 0.458. The lowest BCUT2D eigenvalue weighted by Crippen LogP contribution is -2.25. The fourth-order valence-electron chi connectivity index (χ4n) is 2.97. The first-order chi connectivity index (χ1) is 9.41. The van der Waals surface area contributed by atoms with Gasteiger partial charge in [-0.3, -0.25) is 0 Å². The topological polar surface area (TPSA) is 40.5 Å². The van der Waals surface area contributed by atoms with E-state index in [0.29, 0.717) is 11.5 Å². The molecule has 2 rings (SSSR count). The molecule has 0 amide bonds. The van der Waals surface area contributed by atoms with E-state index in [1.165, 1.54) is 0 Å². The Balaban J connectivity index is 2.71. The molecule has 2 N–H and O–H groups in total. The van der Waals surface area contributed by atoms with Gasteiger partial charge >= 0.3 is 0 Å². The minimum atomic E-state index is -0.231. The maximum atomic E-state index is 9.98. The lowest BCUT2D eigenvalue weighted by atomic mass is 9.71. The van der Waals surface area contributed by atoms with Crippen molar-refractivity contribution in [3.05, 3.63) is 58.7 Å². The van der Waals surface area contributed by atoms with Crippen LogP contribution in [0.15, 0.2) is 36.4 Å². The quantitative estimate of drug-likeness (QED) is 0.866. The third kappa shape index (κ3) is 2.15. The summed E-state index contributed by atoms with van der Waals surface area (Å²) in [6.07, 6.45) is 0.890. The Labute approximate surface area is 120 Å². The Hall–Kier alpha value is -1.96. The molecule has 0 aliphatic carbocycles. The molecule has 0 atom stereocenters. The Morgan fingerprint density at radius 2 is 1.25 bits per heavy atom. The van der Waals surface area contributed by atoms with Crippen LogP contribution in [0.25, 0.3) is 0 Å². The van der Waals surface area contributed by atoms with Gasteiger partial charge in [-0.1, -0.05) is 38.1 Å². The molecular formula is C18H22O2. The maximum Gasteiger partial charge on any atom is 0.118 e. The van der Waals surface area contributed by atoms with E-state index in [2.05, 4.69) is 26.0 Å². The Morgan fingerprint density at radius 3 is 1.60 bits per heavy atom. The van der Waals surface area contributed by atoms with Crippen LogP contribution in [-0.4, -0.2) is 10.2 Å². The van der Waals surface area contributed by atoms with Gasteiger partial charge in [0.15, 0.2) is 0 Å². The smallest absolute Gasteiger partial charge is 0.118 e. The normalized spacial score (nSPS) is 11.6. The zero-order chi connectivity index (χ0) is 14.9. The third-order valence-electron chi connectivity index (χ3n) is 4.51. The molecule has 2 aromatic carbocycles. The summed E-state index contributed by atoms with van der Waals surface area (Å²) < 4.78 is 0. The number of benzene rings is 2. The Kier molecular flexibility index (Phi) is 3.76. The summed E-state index contributed by atoms with van der Waals surface area (Å²) in [6.45, 7) is 8.18. The van der Waals surface area contributed by atoms with Gasteiger partial charge < -0.3 is 10.2 Å². The van der Waals surface area contributed by atoms with E-state index in [4.69, 9.17) is 0 Å². The molecule has 0 aliphatic rings. The summed E-state index contributed by atoms with van der Waals surface area (Å²) in [4.78, 5) is 0. The highest BCUT2D eigenvalue weighted by Crippen LogP contribution is 2.41. The molecule has 0 fully saturated rings. The summed E-state index contributed by atoms with van der Waals surface area (Å²) in [7, 11) is 0. The molecule has 20 heavy (non-hydrogen) atoms. The summed E-state index contributed by atoms with van der Waals surface area (Å²) in [6, 6.07) is 11.3. The highest BCUT2D eigenvalue weighted by Gasteiger charge is 2.31. The van der Waals surface area contributed by atoms with Crippen LogP contribution in [0.1, 0.15) is 42.5 Å². The van der Waals surface area contributed by atoms with Crippen molar-refractivity contribution in [1.29, 1.82) is 0 Å². The maximum absolute atomic E-state index is 9.98. The fraction of sp³-hybridized carbons (Fsp3) is 0.333. The molecule has 0 aliphatic heterocycles. The third-order valence-corrected chi connectivity index (χ3v) is 4.51. The first-order valence-electron chi connectivity index (χ1n) is 7.00. The number of hydrogen-bond donors (Lipinski definition) is 2. The minimum absolute atomic E-state index is 0.231. The van der Waals surface area contributed by atoms with E-state index in [1.54, 1.807) is 12.1 Å². The molecule has 2 heteroatoms. The number of hydrogen-bond acceptors (Lipinski definition) is 2. The van der Waals surface area contributed by atoms with Crippen molar-refractivity contribution in [2.24, 2.45) is 0 Å². The average Bonchev–Trinajstić information content (AvgIpc) is 2.44. The van der Waals surface area contributed by atoms with Gasteiger partial charge in [-0.15, -0.1) is 0 Å². The van der Waals surface area contributed by atoms with Crippen LogP contribution in [0.2, 0.25) is 0 Å². The lowest BCUT2D eigenvalue weighted by Gasteiger charge is -2.33. The van der Waals surface area contributed by atoms with Crippen LogP contribution >= 0.6 is 0 Å². The molecule has 2 nitrogen and oxygen atoms in total. The van der Waals surface area contributed by atoms with Gasteiger partial charge in [0.05, 0.1) is 0 Å². The molecule has 0 radical (unpaired) electrons. The van der Waals surface area contributed by atoms with Crippen molar-refractivity contribution < 1.29 is 10.2 Å². The molecular weight excluding hydrogens is 248 g/mol. The predicted octanol–water partition coefficient (Wildman–Crippen LogP) is 4.43. The molecule has 106 valence electrons. The SMILES string of the molecule is CCC(C)(c1cccc(O)c1C)c1cccc(O)c1C. The molecule has 0 saturated carbocycles. The van der Waals surface area contributed by atoms with Crippen molar-refractivity contribution in [2.75, 3.05) is 0 Å². The van der Waals surface area contributed by atoms with Crippen LogP contribution < -0.4 is 0 Å². The number of phenols is 2. The summed E-state index contributed by atoms with van der Waals surface area (Å²) >= 11 is 0. The zero-order valence-electron chi connectivity index (χ0n) is 12.6. The molecule has 2 aromatic rings. The van der Waals surface area contributed by atoms with E-state index in [1.807, 2.05) is 26.0 Å². The Morgan fingerprint density at radius 1 is 0.850 bits per heavy atom. The zero-order valence-corrected chi connectivity index (χ0v) is 12.6. The van der Waals surface area contributed by atoms with Crippen molar-refractivity contribution >= 4 is 0 Å². The summed E-state index contributed by atoms with van der Waals surface area (Å²) in [5, 5.41) is 20.0. The van der Waals surface area contributed by atoms with Crippen molar-refractivity contribution in [3.8, 4) is 11.5 Å². The second-order valence-corrected chi connectivity index (χ2v) is 5.59. The number of rotatable bonds is 3. The molecule has 0 aromatic heterocycles.